The largest absolute Gasteiger partial charge is 0.396 e. The third-order valence-electron chi connectivity index (χ3n) is 4.68. The van der Waals surface area contributed by atoms with Crippen molar-refractivity contribution in [2.45, 2.75) is 45.1 Å². The molecule has 2 heterocycles. The van der Waals surface area contributed by atoms with Crippen LogP contribution in [0.5, 0.6) is 0 Å². The van der Waals surface area contributed by atoms with Crippen molar-refractivity contribution in [2.75, 3.05) is 46.0 Å². The van der Waals surface area contributed by atoms with Crippen LogP contribution < -0.4 is 5.32 Å². The molecule has 0 spiro atoms. The van der Waals surface area contributed by atoms with Crippen molar-refractivity contribution in [3.63, 3.8) is 0 Å². The molecule has 2 unspecified atom stereocenters. The highest BCUT2D eigenvalue weighted by Crippen LogP contribution is 2.32. The Labute approximate surface area is 117 Å². The Bertz CT molecular complexity index is 253. The van der Waals surface area contributed by atoms with Gasteiger partial charge in [0.2, 0.25) is 0 Å². The fourth-order valence-corrected chi connectivity index (χ4v) is 3.53. The summed E-state index contributed by atoms with van der Waals surface area (Å²) in [5.41, 5.74) is 0.293. The normalized spacial score (nSPS) is 32.8. The highest BCUT2D eigenvalue weighted by Gasteiger charge is 2.38. The summed E-state index contributed by atoms with van der Waals surface area (Å²) in [7, 11) is 0. The van der Waals surface area contributed by atoms with Gasteiger partial charge >= 0.3 is 0 Å². The number of hydrogen-bond acceptors (Lipinski definition) is 4. The van der Waals surface area contributed by atoms with Crippen LogP contribution in [0.2, 0.25) is 0 Å². The molecule has 112 valence electrons. The number of piperidine rings is 1. The van der Waals surface area contributed by atoms with E-state index in [0.717, 1.165) is 39.3 Å². The third kappa shape index (κ3) is 4.15. The Hall–Kier alpha value is -0.160. The number of nitrogens with one attached hydrogen (secondary N) is 1. The first kappa shape index (κ1) is 15.2. The van der Waals surface area contributed by atoms with Crippen molar-refractivity contribution in [2.24, 2.45) is 5.41 Å². The Balaban J connectivity index is 1.94. The van der Waals surface area contributed by atoms with Crippen LogP contribution in [0.25, 0.3) is 0 Å². The molecule has 0 saturated carbocycles. The van der Waals surface area contributed by atoms with Gasteiger partial charge in [-0.3, -0.25) is 4.90 Å². The van der Waals surface area contributed by atoms with E-state index in [-0.39, 0.29) is 0 Å². The summed E-state index contributed by atoms with van der Waals surface area (Å²) in [4.78, 5) is 2.62. The predicted octanol–water partition coefficient (Wildman–Crippen LogP) is 1.24. The highest BCUT2D eigenvalue weighted by molar-refractivity contribution is 4.91. The van der Waals surface area contributed by atoms with E-state index in [4.69, 9.17) is 4.74 Å². The smallest absolute Gasteiger partial charge is 0.0547 e. The number of aliphatic hydroxyl groups excluding tert-OH is 1. The van der Waals surface area contributed by atoms with Crippen molar-refractivity contribution in [1.29, 1.82) is 0 Å². The fourth-order valence-electron chi connectivity index (χ4n) is 3.53. The molecule has 2 N–H and O–H groups in total. The zero-order valence-electron chi connectivity index (χ0n) is 12.4. The highest BCUT2D eigenvalue weighted by atomic mass is 16.5. The van der Waals surface area contributed by atoms with Crippen molar-refractivity contribution in [3.05, 3.63) is 0 Å². The van der Waals surface area contributed by atoms with E-state index in [1.165, 1.54) is 32.2 Å². The average molecular weight is 270 g/mol. The van der Waals surface area contributed by atoms with E-state index in [1.807, 2.05) is 0 Å². The van der Waals surface area contributed by atoms with Gasteiger partial charge in [0.25, 0.3) is 0 Å². The Morgan fingerprint density at radius 3 is 3.00 bits per heavy atom. The van der Waals surface area contributed by atoms with Gasteiger partial charge in [-0.1, -0.05) is 13.3 Å². The molecule has 2 aliphatic heterocycles. The zero-order chi connectivity index (χ0) is 13.6. The van der Waals surface area contributed by atoms with Crippen LogP contribution >= 0.6 is 0 Å². The molecule has 2 aliphatic rings. The lowest BCUT2D eigenvalue weighted by atomic mass is 9.84. The summed E-state index contributed by atoms with van der Waals surface area (Å²) < 4.78 is 5.68. The lowest BCUT2D eigenvalue weighted by molar-refractivity contribution is 0.0554. The number of rotatable bonds is 7. The van der Waals surface area contributed by atoms with Gasteiger partial charge in [-0.15, -0.1) is 0 Å². The molecule has 0 aromatic carbocycles. The first-order chi connectivity index (χ1) is 9.29. The quantitative estimate of drug-likeness (QED) is 0.730. The van der Waals surface area contributed by atoms with Gasteiger partial charge in [-0.2, -0.15) is 0 Å². The SMILES string of the molecule is CCNCC1(CN2CCCCC2CCO)CCOC1. The minimum absolute atomic E-state index is 0.293. The van der Waals surface area contributed by atoms with Crippen LogP contribution in [0.1, 0.15) is 39.0 Å². The molecule has 0 bridgehead atoms. The fraction of sp³-hybridized carbons (Fsp3) is 1.00. The summed E-state index contributed by atoms with van der Waals surface area (Å²) in [6, 6.07) is 0.581. The molecule has 4 nitrogen and oxygen atoms in total. The van der Waals surface area contributed by atoms with Gasteiger partial charge < -0.3 is 15.2 Å². The molecular formula is C15H30N2O2. The van der Waals surface area contributed by atoms with Gasteiger partial charge in [0.05, 0.1) is 6.61 Å². The van der Waals surface area contributed by atoms with Crippen molar-refractivity contribution in [3.8, 4) is 0 Å². The van der Waals surface area contributed by atoms with Crippen LogP contribution in [-0.2, 0) is 4.74 Å². The monoisotopic (exact) mass is 270 g/mol. The molecule has 2 atom stereocenters. The van der Waals surface area contributed by atoms with Crippen LogP contribution in [0, 0.1) is 5.41 Å². The Morgan fingerprint density at radius 2 is 2.32 bits per heavy atom. The molecule has 19 heavy (non-hydrogen) atoms. The maximum atomic E-state index is 9.24. The van der Waals surface area contributed by atoms with Crippen LogP contribution in [0.3, 0.4) is 0 Å². The van der Waals surface area contributed by atoms with Crippen molar-refractivity contribution >= 4 is 0 Å². The van der Waals surface area contributed by atoms with Crippen LogP contribution in [-0.4, -0.2) is 62.0 Å². The van der Waals surface area contributed by atoms with E-state index in [1.54, 1.807) is 0 Å². The molecule has 0 radical (unpaired) electrons. The van der Waals surface area contributed by atoms with E-state index >= 15 is 0 Å². The van der Waals surface area contributed by atoms with Crippen molar-refractivity contribution < 1.29 is 9.84 Å². The third-order valence-corrected chi connectivity index (χ3v) is 4.68. The lowest BCUT2D eigenvalue weighted by Crippen LogP contribution is -2.50. The Morgan fingerprint density at radius 1 is 1.42 bits per heavy atom. The summed E-state index contributed by atoms with van der Waals surface area (Å²) >= 11 is 0. The van der Waals surface area contributed by atoms with E-state index in [0.29, 0.717) is 18.1 Å². The maximum Gasteiger partial charge on any atom is 0.0547 e. The second kappa shape index (κ2) is 7.58. The van der Waals surface area contributed by atoms with E-state index < -0.39 is 0 Å². The second-order valence-corrected chi connectivity index (χ2v) is 6.22. The second-order valence-electron chi connectivity index (χ2n) is 6.22. The summed E-state index contributed by atoms with van der Waals surface area (Å²) in [5.74, 6) is 0. The number of aliphatic hydroxyl groups is 1. The van der Waals surface area contributed by atoms with Gasteiger partial charge in [-0.05, 0) is 38.8 Å². The van der Waals surface area contributed by atoms with E-state index in [9.17, 15) is 5.11 Å². The standard InChI is InChI=1S/C15H30N2O2/c1-2-16-11-15(7-10-19-13-15)12-17-8-4-3-5-14(17)6-9-18/h14,16,18H,2-13H2,1H3. The summed E-state index contributed by atoms with van der Waals surface area (Å²) in [6.45, 7) is 8.69. The topological polar surface area (TPSA) is 44.7 Å². The Kier molecular flexibility index (Phi) is 6.07. The maximum absolute atomic E-state index is 9.24. The van der Waals surface area contributed by atoms with Crippen LogP contribution in [0.4, 0.5) is 0 Å². The molecule has 2 saturated heterocycles. The molecule has 2 rings (SSSR count). The van der Waals surface area contributed by atoms with Crippen LogP contribution in [0.15, 0.2) is 0 Å². The minimum atomic E-state index is 0.293. The van der Waals surface area contributed by atoms with Crippen molar-refractivity contribution in [1.82, 2.24) is 10.2 Å². The van der Waals surface area contributed by atoms with Gasteiger partial charge in [0.15, 0.2) is 0 Å². The van der Waals surface area contributed by atoms with Gasteiger partial charge in [0, 0.05) is 37.8 Å². The van der Waals surface area contributed by atoms with Gasteiger partial charge in [0.1, 0.15) is 0 Å². The average Bonchev–Trinajstić information content (AvgIpc) is 2.88. The first-order valence-corrected chi connectivity index (χ1v) is 7.93. The molecule has 0 aliphatic carbocycles. The first-order valence-electron chi connectivity index (χ1n) is 7.93. The molecule has 2 fully saturated rings. The minimum Gasteiger partial charge on any atom is -0.396 e. The predicted molar refractivity (Wildman–Crippen MR) is 77.3 cm³/mol. The zero-order valence-corrected chi connectivity index (χ0v) is 12.4. The molecule has 4 heteroatoms. The molecule has 0 amide bonds. The number of likely N-dealkylation sites (tertiary alicyclic amines) is 1. The lowest BCUT2D eigenvalue weighted by Gasteiger charge is -2.41. The number of ether oxygens (including phenoxy) is 1. The molecular weight excluding hydrogens is 240 g/mol. The summed E-state index contributed by atoms with van der Waals surface area (Å²) in [6.07, 6.45) is 5.97. The van der Waals surface area contributed by atoms with E-state index in [2.05, 4.69) is 17.1 Å². The molecule has 0 aromatic heterocycles. The number of nitrogens with zero attached hydrogens (tertiary/aromatic N) is 1. The molecule has 0 aromatic rings. The summed E-state index contributed by atoms with van der Waals surface area (Å²) in [5, 5.41) is 12.8. The number of hydrogen-bond donors (Lipinski definition) is 2. The van der Waals surface area contributed by atoms with Gasteiger partial charge in [-0.25, -0.2) is 0 Å².